The zero-order valence-electron chi connectivity index (χ0n) is 13.3. The van der Waals surface area contributed by atoms with Gasteiger partial charge in [-0.3, -0.25) is 0 Å². The molecule has 1 saturated heterocycles. The van der Waals surface area contributed by atoms with Gasteiger partial charge in [0.25, 0.3) is 0 Å². The molecule has 21 heavy (non-hydrogen) atoms. The first-order valence-corrected chi connectivity index (χ1v) is 7.94. The number of rotatable bonds is 9. The fourth-order valence-corrected chi connectivity index (χ4v) is 2.86. The Balaban J connectivity index is 1.59. The minimum absolute atomic E-state index is 0.612. The molecule has 1 unspecified atom stereocenters. The molecule has 0 saturated carbocycles. The van der Waals surface area contributed by atoms with Crippen LogP contribution in [0.2, 0.25) is 0 Å². The first kappa shape index (κ1) is 16.3. The summed E-state index contributed by atoms with van der Waals surface area (Å²) in [6.07, 6.45) is 3.77. The molecule has 4 heteroatoms. The van der Waals surface area contributed by atoms with Gasteiger partial charge in [-0.2, -0.15) is 0 Å². The summed E-state index contributed by atoms with van der Waals surface area (Å²) < 4.78 is 11.5. The van der Waals surface area contributed by atoms with E-state index in [4.69, 9.17) is 9.47 Å². The van der Waals surface area contributed by atoms with Gasteiger partial charge in [-0.15, -0.1) is 0 Å². The molecule has 4 nitrogen and oxygen atoms in total. The van der Waals surface area contributed by atoms with Crippen molar-refractivity contribution in [1.29, 1.82) is 0 Å². The number of ether oxygens (including phenoxy) is 2. The molecule has 1 aliphatic heterocycles. The molecule has 0 bridgehead atoms. The standard InChI is InChI=1S/C17H28N2O2/c1-18-14-15-6-3-4-8-17(15)21-13-12-20-11-9-16-7-5-10-19(16)2/h3-4,6,8,16,18H,5,7,9-14H2,1-2H3. The summed E-state index contributed by atoms with van der Waals surface area (Å²) in [4.78, 5) is 2.44. The molecular formula is C17H28N2O2. The van der Waals surface area contributed by atoms with Gasteiger partial charge >= 0.3 is 0 Å². The summed E-state index contributed by atoms with van der Waals surface area (Å²) >= 11 is 0. The molecule has 1 aliphatic rings. The van der Waals surface area contributed by atoms with Gasteiger partial charge in [-0.25, -0.2) is 0 Å². The highest BCUT2D eigenvalue weighted by atomic mass is 16.5. The summed E-state index contributed by atoms with van der Waals surface area (Å²) in [6.45, 7) is 4.16. The molecule has 0 aromatic heterocycles. The van der Waals surface area contributed by atoms with Gasteiger partial charge in [0.1, 0.15) is 12.4 Å². The number of nitrogens with one attached hydrogen (secondary N) is 1. The summed E-state index contributed by atoms with van der Waals surface area (Å²) in [6, 6.07) is 8.85. The zero-order chi connectivity index (χ0) is 14.9. The van der Waals surface area contributed by atoms with Crippen molar-refractivity contribution in [3.8, 4) is 5.75 Å². The predicted octanol–water partition coefficient (Wildman–Crippen LogP) is 2.29. The highest BCUT2D eigenvalue weighted by molar-refractivity contribution is 5.33. The Morgan fingerprint density at radius 1 is 1.24 bits per heavy atom. The van der Waals surface area contributed by atoms with Crippen LogP contribution in [0.5, 0.6) is 5.75 Å². The van der Waals surface area contributed by atoms with Crippen molar-refractivity contribution >= 4 is 0 Å². The maximum Gasteiger partial charge on any atom is 0.123 e. The van der Waals surface area contributed by atoms with Crippen LogP contribution in [0.3, 0.4) is 0 Å². The van der Waals surface area contributed by atoms with E-state index < -0.39 is 0 Å². The van der Waals surface area contributed by atoms with E-state index in [2.05, 4.69) is 23.3 Å². The summed E-state index contributed by atoms with van der Waals surface area (Å²) in [5.41, 5.74) is 1.19. The highest BCUT2D eigenvalue weighted by Gasteiger charge is 2.19. The number of para-hydroxylation sites is 1. The van der Waals surface area contributed by atoms with Crippen LogP contribution in [-0.2, 0) is 11.3 Å². The number of hydrogen-bond donors (Lipinski definition) is 1. The van der Waals surface area contributed by atoms with Gasteiger partial charge < -0.3 is 19.7 Å². The average molecular weight is 292 g/mol. The Morgan fingerprint density at radius 3 is 2.86 bits per heavy atom. The molecule has 0 amide bonds. The molecule has 1 aromatic rings. The van der Waals surface area contributed by atoms with E-state index in [9.17, 15) is 0 Å². The first-order valence-electron chi connectivity index (χ1n) is 7.94. The van der Waals surface area contributed by atoms with Gasteiger partial charge in [0.05, 0.1) is 6.61 Å². The van der Waals surface area contributed by atoms with E-state index >= 15 is 0 Å². The lowest BCUT2D eigenvalue weighted by Crippen LogP contribution is -2.26. The first-order chi connectivity index (χ1) is 10.3. The Hall–Kier alpha value is -1.10. The van der Waals surface area contributed by atoms with Crippen LogP contribution < -0.4 is 10.1 Å². The maximum atomic E-state index is 5.81. The van der Waals surface area contributed by atoms with Crippen molar-refractivity contribution in [1.82, 2.24) is 10.2 Å². The Kier molecular flexibility index (Phi) is 7.00. The van der Waals surface area contributed by atoms with Crippen LogP contribution in [0.1, 0.15) is 24.8 Å². The van der Waals surface area contributed by atoms with Crippen molar-refractivity contribution in [2.75, 3.05) is 40.5 Å². The SMILES string of the molecule is CNCc1ccccc1OCCOCCC1CCCN1C. The maximum absolute atomic E-state index is 5.81. The summed E-state index contributed by atoms with van der Waals surface area (Å²) in [5.74, 6) is 0.950. The van der Waals surface area contributed by atoms with E-state index in [1.807, 2.05) is 25.2 Å². The molecule has 0 aliphatic carbocycles. The topological polar surface area (TPSA) is 33.7 Å². The third kappa shape index (κ3) is 5.30. The molecule has 1 atom stereocenters. The Morgan fingerprint density at radius 2 is 2.10 bits per heavy atom. The quantitative estimate of drug-likeness (QED) is 0.708. The van der Waals surface area contributed by atoms with Gasteiger partial charge in [0, 0.05) is 24.8 Å². The van der Waals surface area contributed by atoms with Crippen molar-refractivity contribution in [2.24, 2.45) is 0 Å². The normalized spacial score (nSPS) is 19.0. The van der Waals surface area contributed by atoms with Gasteiger partial charge in [0.2, 0.25) is 0 Å². The molecular weight excluding hydrogens is 264 g/mol. The lowest BCUT2D eigenvalue weighted by Gasteiger charge is -2.19. The van der Waals surface area contributed by atoms with Gasteiger partial charge in [0.15, 0.2) is 0 Å². The molecule has 1 N–H and O–H groups in total. The Bertz CT molecular complexity index is 412. The van der Waals surface area contributed by atoms with E-state index in [1.54, 1.807) is 0 Å². The van der Waals surface area contributed by atoms with Crippen LogP contribution in [0, 0.1) is 0 Å². The fraction of sp³-hybridized carbons (Fsp3) is 0.647. The molecule has 1 fully saturated rings. The van der Waals surface area contributed by atoms with Gasteiger partial charge in [-0.1, -0.05) is 18.2 Å². The molecule has 2 rings (SSSR count). The number of likely N-dealkylation sites (tertiary alicyclic amines) is 1. The van der Waals surface area contributed by atoms with E-state index in [1.165, 1.54) is 24.9 Å². The monoisotopic (exact) mass is 292 g/mol. The van der Waals surface area contributed by atoms with Crippen LogP contribution in [0.15, 0.2) is 24.3 Å². The lowest BCUT2D eigenvalue weighted by atomic mass is 10.1. The minimum atomic E-state index is 0.612. The second-order valence-electron chi connectivity index (χ2n) is 5.66. The molecule has 0 spiro atoms. The third-order valence-electron chi connectivity index (χ3n) is 4.09. The Labute approximate surface area is 128 Å². The van der Waals surface area contributed by atoms with E-state index in [0.29, 0.717) is 19.3 Å². The second-order valence-corrected chi connectivity index (χ2v) is 5.66. The minimum Gasteiger partial charge on any atom is -0.491 e. The largest absolute Gasteiger partial charge is 0.491 e. The third-order valence-corrected chi connectivity index (χ3v) is 4.09. The fourth-order valence-electron chi connectivity index (χ4n) is 2.86. The molecule has 118 valence electrons. The van der Waals surface area contributed by atoms with Crippen LogP contribution in [0.25, 0.3) is 0 Å². The van der Waals surface area contributed by atoms with Crippen molar-refractivity contribution in [3.63, 3.8) is 0 Å². The number of nitrogens with zero attached hydrogens (tertiary/aromatic N) is 1. The molecule has 0 radical (unpaired) electrons. The number of hydrogen-bond acceptors (Lipinski definition) is 4. The molecule has 1 aromatic carbocycles. The van der Waals surface area contributed by atoms with E-state index in [-0.39, 0.29) is 0 Å². The smallest absolute Gasteiger partial charge is 0.123 e. The van der Waals surface area contributed by atoms with Gasteiger partial charge in [-0.05, 0) is 46.0 Å². The van der Waals surface area contributed by atoms with Crippen LogP contribution >= 0.6 is 0 Å². The van der Waals surface area contributed by atoms with Crippen LogP contribution in [0.4, 0.5) is 0 Å². The molecule has 1 heterocycles. The highest BCUT2D eigenvalue weighted by Crippen LogP contribution is 2.18. The summed E-state index contributed by atoms with van der Waals surface area (Å²) in [5, 5.41) is 3.15. The zero-order valence-corrected chi connectivity index (χ0v) is 13.3. The number of benzene rings is 1. The van der Waals surface area contributed by atoms with Crippen LogP contribution in [-0.4, -0.2) is 51.4 Å². The van der Waals surface area contributed by atoms with Crippen molar-refractivity contribution in [3.05, 3.63) is 29.8 Å². The second kappa shape index (κ2) is 9.03. The van der Waals surface area contributed by atoms with Crippen molar-refractivity contribution < 1.29 is 9.47 Å². The van der Waals surface area contributed by atoms with Crippen molar-refractivity contribution in [2.45, 2.75) is 31.8 Å². The lowest BCUT2D eigenvalue weighted by molar-refractivity contribution is 0.0860. The summed E-state index contributed by atoms with van der Waals surface area (Å²) in [7, 11) is 4.15. The van der Waals surface area contributed by atoms with E-state index in [0.717, 1.165) is 25.3 Å². The average Bonchev–Trinajstić information content (AvgIpc) is 2.90. The predicted molar refractivity (Wildman–Crippen MR) is 85.8 cm³/mol.